The lowest BCUT2D eigenvalue weighted by Gasteiger charge is -2.25. The minimum Gasteiger partial charge on any atom is -0.363 e. The molecule has 102 valence electrons. The smallest absolute Gasteiger partial charge is 0.363 e. The highest BCUT2D eigenvalue weighted by atomic mass is 19.4. The molecule has 0 heterocycles. The maximum atomic E-state index is 12.5. The average Bonchev–Trinajstić information content (AvgIpc) is 2.27. The second kappa shape index (κ2) is 6.09. The molecule has 0 saturated heterocycles. The van der Waals surface area contributed by atoms with Gasteiger partial charge in [-0.1, -0.05) is 19.1 Å². The fraction of sp³-hybridized carbons (Fsp3) is 0.538. The van der Waals surface area contributed by atoms with Gasteiger partial charge < -0.3 is 10.6 Å². The van der Waals surface area contributed by atoms with Gasteiger partial charge in [-0.05, 0) is 31.0 Å². The third kappa shape index (κ3) is 4.56. The first kappa shape index (κ1) is 14.8. The van der Waals surface area contributed by atoms with Gasteiger partial charge in [0.1, 0.15) is 6.54 Å². The van der Waals surface area contributed by atoms with Crippen molar-refractivity contribution in [2.75, 3.05) is 18.0 Å². The number of hydrogen-bond donors (Lipinski definition) is 1. The van der Waals surface area contributed by atoms with E-state index in [1.165, 1.54) is 4.90 Å². The molecule has 2 N–H and O–H groups in total. The highest BCUT2D eigenvalue weighted by Gasteiger charge is 2.30. The number of nitrogens with zero attached hydrogens (tertiary/aromatic N) is 1. The number of anilines is 1. The van der Waals surface area contributed by atoms with Crippen LogP contribution in [0.15, 0.2) is 24.3 Å². The van der Waals surface area contributed by atoms with Crippen LogP contribution in [-0.4, -0.2) is 19.3 Å². The van der Waals surface area contributed by atoms with Crippen molar-refractivity contribution in [1.82, 2.24) is 0 Å². The molecule has 1 atom stereocenters. The van der Waals surface area contributed by atoms with Gasteiger partial charge in [0, 0.05) is 18.3 Å². The van der Waals surface area contributed by atoms with Crippen LogP contribution in [0.3, 0.4) is 0 Å². The maximum Gasteiger partial charge on any atom is 0.405 e. The van der Waals surface area contributed by atoms with Crippen LogP contribution >= 0.6 is 0 Å². The molecule has 1 aromatic rings. The first-order chi connectivity index (χ1) is 8.33. The zero-order valence-electron chi connectivity index (χ0n) is 10.7. The van der Waals surface area contributed by atoms with Gasteiger partial charge in [-0.3, -0.25) is 0 Å². The van der Waals surface area contributed by atoms with Gasteiger partial charge in [0.15, 0.2) is 0 Å². The lowest BCUT2D eigenvalue weighted by Crippen LogP contribution is -2.34. The van der Waals surface area contributed by atoms with Crippen molar-refractivity contribution < 1.29 is 13.2 Å². The van der Waals surface area contributed by atoms with Gasteiger partial charge in [0.2, 0.25) is 0 Å². The Morgan fingerprint density at radius 1 is 1.22 bits per heavy atom. The molecule has 0 fully saturated rings. The van der Waals surface area contributed by atoms with E-state index in [-0.39, 0.29) is 6.04 Å². The van der Waals surface area contributed by atoms with Crippen LogP contribution < -0.4 is 10.6 Å². The van der Waals surface area contributed by atoms with Crippen molar-refractivity contribution in [3.63, 3.8) is 0 Å². The van der Waals surface area contributed by atoms with Gasteiger partial charge in [0.25, 0.3) is 0 Å². The Morgan fingerprint density at radius 2 is 1.78 bits per heavy atom. The number of benzene rings is 1. The zero-order valence-corrected chi connectivity index (χ0v) is 10.7. The summed E-state index contributed by atoms with van der Waals surface area (Å²) in [7, 11) is 0. The standard InChI is InChI=1S/C13H19F3N2/c1-3-8-18(9-13(14,15)16)12-6-4-11(5-7-12)10(2)17/h4-7,10H,3,8-9,17H2,1-2H3/t10-/m0/s1. The molecule has 0 aromatic heterocycles. The topological polar surface area (TPSA) is 29.3 Å². The summed E-state index contributed by atoms with van der Waals surface area (Å²) in [6.45, 7) is 3.17. The van der Waals surface area contributed by atoms with Gasteiger partial charge >= 0.3 is 6.18 Å². The summed E-state index contributed by atoms with van der Waals surface area (Å²) in [6, 6.07) is 6.83. The molecule has 2 nitrogen and oxygen atoms in total. The van der Waals surface area contributed by atoms with E-state index in [2.05, 4.69) is 0 Å². The summed E-state index contributed by atoms with van der Waals surface area (Å²) in [6.07, 6.45) is -3.51. The molecular formula is C13H19F3N2. The number of alkyl halides is 3. The van der Waals surface area contributed by atoms with Crippen molar-refractivity contribution >= 4 is 5.69 Å². The maximum absolute atomic E-state index is 12.5. The average molecular weight is 260 g/mol. The Labute approximate surface area is 106 Å². The number of halogens is 3. The van der Waals surface area contributed by atoms with Crippen molar-refractivity contribution in [3.8, 4) is 0 Å². The van der Waals surface area contributed by atoms with Gasteiger partial charge in [0.05, 0.1) is 0 Å². The van der Waals surface area contributed by atoms with Crippen molar-refractivity contribution in [3.05, 3.63) is 29.8 Å². The van der Waals surface area contributed by atoms with E-state index in [0.29, 0.717) is 18.7 Å². The Kier molecular flexibility index (Phi) is 5.02. The Hall–Kier alpha value is -1.23. The summed E-state index contributed by atoms with van der Waals surface area (Å²) in [5.41, 5.74) is 7.21. The lowest BCUT2D eigenvalue weighted by molar-refractivity contribution is -0.119. The molecule has 1 aromatic carbocycles. The summed E-state index contributed by atoms with van der Waals surface area (Å²) in [5.74, 6) is 0. The fourth-order valence-electron chi connectivity index (χ4n) is 1.77. The van der Waals surface area contributed by atoms with Crippen LogP contribution in [0.2, 0.25) is 0 Å². The van der Waals surface area contributed by atoms with Crippen LogP contribution in [0.4, 0.5) is 18.9 Å². The largest absolute Gasteiger partial charge is 0.405 e. The van der Waals surface area contributed by atoms with Crippen molar-refractivity contribution in [2.45, 2.75) is 32.5 Å². The summed E-state index contributed by atoms with van der Waals surface area (Å²) in [4.78, 5) is 1.34. The van der Waals surface area contributed by atoms with E-state index in [1.807, 2.05) is 13.8 Å². The van der Waals surface area contributed by atoms with Crippen molar-refractivity contribution in [1.29, 1.82) is 0 Å². The molecule has 0 aliphatic heterocycles. The second-order valence-corrected chi connectivity index (χ2v) is 4.42. The highest BCUT2D eigenvalue weighted by Crippen LogP contribution is 2.23. The van der Waals surface area contributed by atoms with Crippen LogP contribution in [-0.2, 0) is 0 Å². The summed E-state index contributed by atoms with van der Waals surface area (Å²) >= 11 is 0. The first-order valence-corrected chi connectivity index (χ1v) is 6.00. The molecule has 0 bridgehead atoms. The predicted octanol–water partition coefficient (Wildman–Crippen LogP) is 3.49. The molecule has 0 unspecified atom stereocenters. The minimum absolute atomic E-state index is 0.110. The van der Waals surface area contributed by atoms with Crippen molar-refractivity contribution in [2.24, 2.45) is 5.73 Å². The van der Waals surface area contributed by atoms with Crippen LogP contribution in [0, 0.1) is 0 Å². The van der Waals surface area contributed by atoms with Gasteiger partial charge in [-0.15, -0.1) is 0 Å². The molecule has 0 radical (unpaired) electrons. The van der Waals surface area contributed by atoms with E-state index in [1.54, 1.807) is 24.3 Å². The second-order valence-electron chi connectivity index (χ2n) is 4.42. The van der Waals surface area contributed by atoms with Crippen LogP contribution in [0.5, 0.6) is 0 Å². The number of rotatable bonds is 5. The molecule has 0 amide bonds. The van der Waals surface area contributed by atoms with Crippen LogP contribution in [0.1, 0.15) is 31.9 Å². The molecule has 0 spiro atoms. The third-order valence-electron chi connectivity index (χ3n) is 2.65. The molecule has 18 heavy (non-hydrogen) atoms. The Balaban J connectivity index is 2.85. The fourth-order valence-corrected chi connectivity index (χ4v) is 1.77. The van der Waals surface area contributed by atoms with E-state index in [9.17, 15) is 13.2 Å². The minimum atomic E-state index is -4.19. The number of hydrogen-bond acceptors (Lipinski definition) is 2. The Bertz CT molecular complexity index is 357. The highest BCUT2D eigenvalue weighted by molar-refractivity contribution is 5.48. The quantitative estimate of drug-likeness (QED) is 0.878. The van der Waals surface area contributed by atoms with Gasteiger partial charge in [-0.2, -0.15) is 13.2 Å². The Morgan fingerprint density at radius 3 is 2.17 bits per heavy atom. The molecular weight excluding hydrogens is 241 g/mol. The third-order valence-corrected chi connectivity index (χ3v) is 2.65. The van der Waals surface area contributed by atoms with Crippen LogP contribution in [0.25, 0.3) is 0 Å². The normalized spacial score (nSPS) is 13.4. The van der Waals surface area contributed by atoms with E-state index < -0.39 is 12.7 Å². The monoisotopic (exact) mass is 260 g/mol. The molecule has 5 heteroatoms. The van der Waals surface area contributed by atoms with E-state index >= 15 is 0 Å². The molecule has 0 saturated carbocycles. The summed E-state index contributed by atoms with van der Waals surface area (Å²) < 4.78 is 37.4. The molecule has 0 aliphatic carbocycles. The number of nitrogens with two attached hydrogens (primary N) is 1. The SMILES string of the molecule is CCCN(CC(F)(F)F)c1ccc([C@H](C)N)cc1. The summed E-state index contributed by atoms with van der Waals surface area (Å²) in [5, 5.41) is 0. The zero-order chi connectivity index (χ0) is 13.8. The van der Waals surface area contributed by atoms with Gasteiger partial charge in [-0.25, -0.2) is 0 Å². The predicted molar refractivity (Wildman–Crippen MR) is 67.6 cm³/mol. The molecule has 1 rings (SSSR count). The van der Waals surface area contributed by atoms with E-state index in [4.69, 9.17) is 5.73 Å². The molecule has 0 aliphatic rings. The first-order valence-electron chi connectivity index (χ1n) is 6.00. The lowest BCUT2D eigenvalue weighted by atomic mass is 10.1. The van der Waals surface area contributed by atoms with E-state index in [0.717, 1.165) is 5.56 Å².